The number of rotatable bonds is 2. The molecular formula is C11H10BrN5O. The lowest BCUT2D eigenvalue weighted by molar-refractivity contribution is 0.310. The van der Waals surface area contributed by atoms with Crippen molar-refractivity contribution in [3.05, 3.63) is 22.7 Å². The van der Waals surface area contributed by atoms with Crippen molar-refractivity contribution >= 4 is 32.8 Å². The third-order valence-electron chi connectivity index (χ3n) is 2.75. The number of halogens is 1. The number of anilines is 1. The average Bonchev–Trinajstić information content (AvgIpc) is 2.91. The molecule has 0 fully saturated rings. The van der Waals surface area contributed by atoms with E-state index in [0.717, 1.165) is 22.1 Å². The van der Waals surface area contributed by atoms with E-state index in [-0.39, 0.29) is 5.82 Å². The van der Waals surface area contributed by atoms with Crippen LogP contribution < -0.4 is 5.73 Å². The number of hydrogen-bond donors (Lipinski definition) is 1. The SMILES string of the molecule is CCn1c(-c2nonc2N)nc2ccc(Br)cc21. The second-order valence-electron chi connectivity index (χ2n) is 3.81. The summed E-state index contributed by atoms with van der Waals surface area (Å²) in [5, 5.41) is 7.39. The highest BCUT2D eigenvalue weighted by molar-refractivity contribution is 9.10. The highest BCUT2D eigenvalue weighted by Gasteiger charge is 2.18. The molecular weight excluding hydrogens is 298 g/mol. The number of fused-ring (bicyclic) bond motifs is 1. The molecule has 0 saturated heterocycles. The Balaban J connectivity index is 2.33. The van der Waals surface area contributed by atoms with Gasteiger partial charge in [0.25, 0.3) is 0 Å². The molecule has 0 unspecified atom stereocenters. The van der Waals surface area contributed by atoms with Gasteiger partial charge in [0, 0.05) is 11.0 Å². The summed E-state index contributed by atoms with van der Waals surface area (Å²) in [6.07, 6.45) is 0. The minimum absolute atomic E-state index is 0.249. The maximum Gasteiger partial charge on any atom is 0.199 e. The van der Waals surface area contributed by atoms with Crippen molar-refractivity contribution in [1.82, 2.24) is 19.9 Å². The zero-order chi connectivity index (χ0) is 12.7. The predicted octanol–water partition coefficient (Wildman–Crippen LogP) is 2.45. The van der Waals surface area contributed by atoms with Gasteiger partial charge in [-0.05, 0) is 35.4 Å². The van der Waals surface area contributed by atoms with Crippen LogP contribution in [0.5, 0.6) is 0 Å². The van der Waals surface area contributed by atoms with Gasteiger partial charge >= 0.3 is 0 Å². The van der Waals surface area contributed by atoms with Crippen LogP contribution in [0.25, 0.3) is 22.6 Å². The van der Waals surface area contributed by atoms with Gasteiger partial charge in [-0.25, -0.2) is 9.61 Å². The maximum absolute atomic E-state index is 5.72. The molecule has 2 heterocycles. The summed E-state index contributed by atoms with van der Waals surface area (Å²) in [5.74, 6) is 0.920. The van der Waals surface area contributed by atoms with Gasteiger partial charge in [0.05, 0.1) is 11.0 Å². The van der Waals surface area contributed by atoms with Crippen LogP contribution in [0.2, 0.25) is 0 Å². The smallest absolute Gasteiger partial charge is 0.199 e. The maximum atomic E-state index is 5.72. The summed E-state index contributed by atoms with van der Waals surface area (Å²) in [6.45, 7) is 2.80. The Hall–Kier alpha value is -1.89. The molecule has 0 radical (unpaired) electrons. The van der Waals surface area contributed by atoms with Gasteiger partial charge < -0.3 is 10.3 Å². The molecule has 2 aromatic heterocycles. The number of nitrogens with two attached hydrogens (primary N) is 1. The third-order valence-corrected chi connectivity index (χ3v) is 3.25. The molecule has 0 atom stereocenters. The predicted molar refractivity (Wildman–Crippen MR) is 70.8 cm³/mol. The van der Waals surface area contributed by atoms with Crippen molar-refractivity contribution in [3.8, 4) is 11.5 Å². The molecule has 6 nitrogen and oxygen atoms in total. The number of nitrogen functional groups attached to an aromatic ring is 1. The summed E-state index contributed by atoms with van der Waals surface area (Å²) >= 11 is 3.46. The van der Waals surface area contributed by atoms with E-state index in [2.05, 4.69) is 35.9 Å². The van der Waals surface area contributed by atoms with Gasteiger partial charge in [-0.1, -0.05) is 15.9 Å². The van der Waals surface area contributed by atoms with Gasteiger partial charge in [-0.15, -0.1) is 0 Å². The van der Waals surface area contributed by atoms with Crippen molar-refractivity contribution in [1.29, 1.82) is 0 Å². The average molecular weight is 308 g/mol. The Labute approximate surface area is 111 Å². The largest absolute Gasteiger partial charge is 0.379 e. The van der Waals surface area contributed by atoms with Crippen LogP contribution in [-0.4, -0.2) is 19.9 Å². The van der Waals surface area contributed by atoms with E-state index < -0.39 is 0 Å². The summed E-state index contributed by atoms with van der Waals surface area (Å²) < 4.78 is 7.66. The number of benzene rings is 1. The fourth-order valence-corrected chi connectivity index (χ4v) is 2.30. The number of hydrogen-bond acceptors (Lipinski definition) is 5. The molecule has 18 heavy (non-hydrogen) atoms. The van der Waals surface area contributed by atoms with E-state index in [1.807, 2.05) is 29.7 Å². The van der Waals surface area contributed by atoms with Crippen LogP contribution >= 0.6 is 15.9 Å². The van der Waals surface area contributed by atoms with Gasteiger partial charge in [0.1, 0.15) is 0 Å². The Morgan fingerprint density at radius 2 is 2.22 bits per heavy atom. The highest BCUT2D eigenvalue weighted by Crippen LogP contribution is 2.28. The molecule has 3 rings (SSSR count). The molecule has 3 aromatic rings. The first kappa shape index (κ1) is 11.2. The molecule has 0 amide bonds. The van der Waals surface area contributed by atoms with Crippen LogP contribution in [0, 0.1) is 0 Å². The van der Waals surface area contributed by atoms with E-state index in [9.17, 15) is 0 Å². The van der Waals surface area contributed by atoms with Gasteiger partial charge in [-0.3, -0.25) is 0 Å². The molecule has 7 heteroatoms. The Morgan fingerprint density at radius 3 is 2.89 bits per heavy atom. The van der Waals surface area contributed by atoms with Crippen molar-refractivity contribution < 1.29 is 4.63 Å². The normalized spacial score (nSPS) is 11.2. The van der Waals surface area contributed by atoms with Crippen molar-refractivity contribution in [2.75, 3.05) is 5.73 Å². The van der Waals surface area contributed by atoms with Crippen molar-refractivity contribution in [2.45, 2.75) is 13.5 Å². The molecule has 0 bridgehead atoms. The Bertz CT molecular complexity index is 717. The van der Waals surface area contributed by atoms with Crippen LogP contribution in [0.1, 0.15) is 6.92 Å². The first-order valence-corrected chi connectivity index (χ1v) is 6.24. The van der Waals surface area contributed by atoms with E-state index in [0.29, 0.717) is 11.5 Å². The molecule has 2 N–H and O–H groups in total. The van der Waals surface area contributed by atoms with Crippen LogP contribution in [0.4, 0.5) is 5.82 Å². The number of aromatic nitrogens is 4. The van der Waals surface area contributed by atoms with Gasteiger partial charge in [0.15, 0.2) is 17.3 Å². The third kappa shape index (κ3) is 1.59. The quantitative estimate of drug-likeness (QED) is 0.786. The summed E-state index contributed by atoms with van der Waals surface area (Å²) in [4.78, 5) is 4.53. The molecule has 0 aliphatic carbocycles. The lowest BCUT2D eigenvalue weighted by Gasteiger charge is -2.03. The zero-order valence-electron chi connectivity index (χ0n) is 9.59. The van der Waals surface area contributed by atoms with Crippen LogP contribution in [0.3, 0.4) is 0 Å². The number of nitrogens with zero attached hydrogens (tertiary/aromatic N) is 4. The number of imidazole rings is 1. The van der Waals surface area contributed by atoms with Crippen LogP contribution in [-0.2, 0) is 6.54 Å². The monoisotopic (exact) mass is 307 g/mol. The second-order valence-corrected chi connectivity index (χ2v) is 4.73. The topological polar surface area (TPSA) is 82.8 Å². The molecule has 0 saturated carbocycles. The van der Waals surface area contributed by atoms with Crippen molar-refractivity contribution in [3.63, 3.8) is 0 Å². The molecule has 92 valence electrons. The zero-order valence-corrected chi connectivity index (χ0v) is 11.2. The Kier molecular flexibility index (Phi) is 2.55. The lowest BCUT2D eigenvalue weighted by atomic mass is 10.3. The van der Waals surface area contributed by atoms with Crippen LogP contribution in [0.15, 0.2) is 27.3 Å². The lowest BCUT2D eigenvalue weighted by Crippen LogP contribution is -1.99. The van der Waals surface area contributed by atoms with E-state index in [1.165, 1.54) is 0 Å². The van der Waals surface area contributed by atoms with E-state index in [1.54, 1.807) is 0 Å². The summed E-state index contributed by atoms with van der Waals surface area (Å²) in [5.41, 5.74) is 8.10. The minimum Gasteiger partial charge on any atom is -0.379 e. The molecule has 0 aliphatic rings. The molecule has 0 aliphatic heterocycles. The summed E-state index contributed by atoms with van der Waals surface area (Å²) in [6, 6.07) is 5.90. The first-order chi connectivity index (χ1) is 8.70. The molecule has 1 aromatic carbocycles. The van der Waals surface area contributed by atoms with E-state index >= 15 is 0 Å². The fourth-order valence-electron chi connectivity index (χ4n) is 1.95. The number of aryl methyl sites for hydroxylation is 1. The standard InChI is InChI=1S/C11H10BrN5O/c1-2-17-8-5-6(12)3-4-7(8)14-11(17)9-10(13)16-18-15-9/h3-5H,2H2,1H3,(H2,13,16). The molecule has 0 spiro atoms. The highest BCUT2D eigenvalue weighted by atomic mass is 79.9. The Morgan fingerprint density at radius 1 is 1.39 bits per heavy atom. The van der Waals surface area contributed by atoms with Gasteiger partial charge in [-0.2, -0.15) is 0 Å². The fraction of sp³-hybridized carbons (Fsp3) is 0.182. The van der Waals surface area contributed by atoms with Crippen molar-refractivity contribution in [2.24, 2.45) is 0 Å². The van der Waals surface area contributed by atoms with E-state index in [4.69, 9.17) is 5.73 Å². The summed E-state index contributed by atoms with van der Waals surface area (Å²) in [7, 11) is 0. The minimum atomic E-state index is 0.249. The van der Waals surface area contributed by atoms with Gasteiger partial charge in [0.2, 0.25) is 0 Å². The second kappa shape index (κ2) is 4.09. The first-order valence-electron chi connectivity index (χ1n) is 5.45.